The number of aromatic carboxylic acids is 1. The van der Waals surface area contributed by atoms with Crippen LogP contribution in [0.2, 0.25) is 5.02 Å². The van der Waals surface area contributed by atoms with Crippen molar-refractivity contribution < 1.29 is 14.6 Å². The van der Waals surface area contributed by atoms with Gasteiger partial charge in [-0.3, -0.25) is 0 Å². The van der Waals surface area contributed by atoms with Gasteiger partial charge in [-0.25, -0.2) is 9.78 Å². The highest BCUT2D eigenvalue weighted by Crippen LogP contribution is 2.31. The average Bonchev–Trinajstić information content (AvgIpc) is 2.98. The molecule has 0 spiro atoms. The summed E-state index contributed by atoms with van der Waals surface area (Å²) in [6.45, 7) is 0.649. The van der Waals surface area contributed by atoms with Crippen molar-refractivity contribution in [1.82, 2.24) is 4.98 Å². The lowest BCUT2D eigenvalue weighted by atomic mass is 10.1. The number of hydrogen-bond acceptors (Lipinski definition) is 3. The molecule has 0 amide bonds. The fraction of sp³-hybridized carbons (Fsp3) is 0.375. The molecule has 0 atom stereocenters. The van der Waals surface area contributed by atoms with Gasteiger partial charge in [0.2, 0.25) is 0 Å². The first-order chi connectivity index (χ1) is 10.1. The number of pyridine rings is 1. The molecule has 0 saturated heterocycles. The standard InChI is InChI=1S/C16H16ClNO3/c17-12-8-13(16(19)20)18-15-11(12)6-3-7-14(15)21-9-10-4-1-2-5-10/h3,6-8,10H,1-2,4-5,9H2,(H,19,20). The molecule has 0 aliphatic heterocycles. The minimum Gasteiger partial charge on any atom is -0.491 e. The van der Waals surface area contributed by atoms with Crippen LogP contribution in [0.15, 0.2) is 24.3 Å². The monoisotopic (exact) mass is 305 g/mol. The van der Waals surface area contributed by atoms with Crippen molar-refractivity contribution in [2.75, 3.05) is 6.61 Å². The fourth-order valence-corrected chi connectivity index (χ4v) is 3.05. The van der Waals surface area contributed by atoms with Crippen LogP contribution >= 0.6 is 11.6 Å². The topological polar surface area (TPSA) is 59.4 Å². The summed E-state index contributed by atoms with van der Waals surface area (Å²) in [6, 6.07) is 6.85. The van der Waals surface area contributed by atoms with Crippen molar-refractivity contribution in [2.45, 2.75) is 25.7 Å². The van der Waals surface area contributed by atoms with Crippen molar-refractivity contribution in [2.24, 2.45) is 5.92 Å². The highest BCUT2D eigenvalue weighted by Gasteiger charge is 2.17. The number of halogens is 1. The van der Waals surface area contributed by atoms with Gasteiger partial charge >= 0.3 is 5.97 Å². The second-order valence-corrected chi connectivity index (χ2v) is 5.82. The first kappa shape index (κ1) is 14.1. The number of ether oxygens (including phenoxy) is 1. The van der Waals surface area contributed by atoms with Crippen LogP contribution < -0.4 is 4.74 Å². The van der Waals surface area contributed by atoms with E-state index in [0.717, 1.165) is 0 Å². The molecule has 0 radical (unpaired) electrons. The van der Waals surface area contributed by atoms with E-state index in [1.807, 2.05) is 18.2 Å². The van der Waals surface area contributed by atoms with Gasteiger partial charge in [-0.05, 0) is 30.9 Å². The van der Waals surface area contributed by atoms with Crippen molar-refractivity contribution in [3.63, 3.8) is 0 Å². The lowest BCUT2D eigenvalue weighted by Crippen LogP contribution is -2.09. The largest absolute Gasteiger partial charge is 0.491 e. The minimum absolute atomic E-state index is 0.0654. The number of carbonyl (C=O) groups is 1. The summed E-state index contributed by atoms with van der Waals surface area (Å²) in [5.41, 5.74) is 0.449. The molecule has 110 valence electrons. The van der Waals surface area contributed by atoms with E-state index in [-0.39, 0.29) is 5.69 Å². The summed E-state index contributed by atoms with van der Waals surface area (Å²) in [5.74, 6) is 0.0900. The summed E-state index contributed by atoms with van der Waals surface area (Å²) < 4.78 is 5.88. The quantitative estimate of drug-likeness (QED) is 0.921. The smallest absolute Gasteiger partial charge is 0.354 e. The van der Waals surface area contributed by atoms with Gasteiger partial charge in [-0.15, -0.1) is 0 Å². The summed E-state index contributed by atoms with van der Waals surface area (Å²) in [5, 5.41) is 10.2. The Balaban J connectivity index is 1.95. The molecule has 1 aromatic heterocycles. The fourth-order valence-electron chi connectivity index (χ4n) is 2.79. The zero-order valence-corrected chi connectivity index (χ0v) is 12.3. The van der Waals surface area contributed by atoms with Crippen molar-refractivity contribution in [3.8, 4) is 5.75 Å². The van der Waals surface area contributed by atoms with Gasteiger partial charge in [0.1, 0.15) is 11.3 Å². The Labute approximate surface area is 127 Å². The maximum atomic E-state index is 11.1. The van der Waals surface area contributed by atoms with Gasteiger partial charge < -0.3 is 9.84 Å². The van der Waals surface area contributed by atoms with Gasteiger partial charge in [-0.2, -0.15) is 0 Å². The maximum Gasteiger partial charge on any atom is 0.354 e. The molecule has 0 unspecified atom stereocenters. The van der Waals surface area contributed by atoms with Gasteiger partial charge in [0.25, 0.3) is 0 Å². The van der Waals surface area contributed by atoms with Crippen LogP contribution in [0.3, 0.4) is 0 Å². The van der Waals surface area contributed by atoms with Crippen LogP contribution in [0.25, 0.3) is 10.9 Å². The Bertz CT molecular complexity index is 681. The third-order valence-electron chi connectivity index (χ3n) is 3.92. The van der Waals surface area contributed by atoms with Crippen molar-refractivity contribution >= 4 is 28.5 Å². The maximum absolute atomic E-state index is 11.1. The molecule has 21 heavy (non-hydrogen) atoms. The minimum atomic E-state index is -1.09. The number of para-hydroxylation sites is 1. The summed E-state index contributed by atoms with van der Waals surface area (Å²) in [6.07, 6.45) is 4.91. The van der Waals surface area contributed by atoms with E-state index in [1.54, 1.807) is 0 Å². The zero-order valence-electron chi connectivity index (χ0n) is 11.5. The molecular weight excluding hydrogens is 290 g/mol. The normalized spacial score (nSPS) is 15.5. The zero-order chi connectivity index (χ0) is 14.8. The number of fused-ring (bicyclic) bond motifs is 1. The van der Waals surface area contributed by atoms with Crippen LogP contribution in [0.1, 0.15) is 36.2 Å². The molecule has 0 bridgehead atoms. The third-order valence-corrected chi connectivity index (χ3v) is 4.23. The average molecular weight is 306 g/mol. The first-order valence-corrected chi connectivity index (χ1v) is 7.48. The number of rotatable bonds is 4. The summed E-state index contributed by atoms with van der Waals surface area (Å²) in [7, 11) is 0. The SMILES string of the molecule is O=C(O)c1cc(Cl)c2cccc(OCC3CCCC3)c2n1. The van der Waals surface area contributed by atoms with Crippen molar-refractivity contribution in [1.29, 1.82) is 0 Å². The second-order valence-electron chi connectivity index (χ2n) is 5.41. The van der Waals surface area contributed by atoms with E-state index in [4.69, 9.17) is 21.4 Å². The van der Waals surface area contributed by atoms with E-state index in [0.29, 0.717) is 34.2 Å². The van der Waals surface area contributed by atoms with E-state index >= 15 is 0 Å². The number of nitrogens with zero attached hydrogens (tertiary/aromatic N) is 1. The van der Waals surface area contributed by atoms with Crippen LogP contribution in [-0.4, -0.2) is 22.7 Å². The highest BCUT2D eigenvalue weighted by molar-refractivity contribution is 6.35. The molecule has 4 nitrogen and oxygen atoms in total. The number of benzene rings is 1. The van der Waals surface area contributed by atoms with Crippen LogP contribution in [-0.2, 0) is 0 Å². The molecule has 3 rings (SSSR count). The lowest BCUT2D eigenvalue weighted by Gasteiger charge is -2.13. The number of carboxylic acids is 1. The Morgan fingerprint density at radius 3 is 2.86 bits per heavy atom. The molecule has 1 aliphatic carbocycles. The van der Waals surface area contributed by atoms with Gasteiger partial charge in [0.15, 0.2) is 5.69 Å². The molecule has 1 N–H and O–H groups in total. The van der Waals surface area contributed by atoms with E-state index in [9.17, 15) is 4.79 Å². The number of carboxylic acid groups (broad SMARTS) is 1. The molecular formula is C16H16ClNO3. The van der Waals surface area contributed by atoms with Crippen LogP contribution in [0.5, 0.6) is 5.75 Å². The summed E-state index contributed by atoms with van der Waals surface area (Å²) >= 11 is 6.15. The van der Waals surface area contributed by atoms with E-state index < -0.39 is 5.97 Å². The molecule has 5 heteroatoms. The van der Waals surface area contributed by atoms with Crippen LogP contribution in [0, 0.1) is 5.92 Å². The Morgan fingerprint density at radius 2 is 2.14 bits per heavy atom. The van der Waals surface area contributed by atoms with Crippen molar-refractivity contribution in [3.05, 3.63) is 35.0 Å². The first-order valence-electron chi connectivity index (χ1n) is 7.10. The predicted octanol–water partition coefficient (Wildman–Crippen LogP) is 4.16. The Hall–Kier alpha value is -1.81. The summed E-state index contributed by atoms with van der Waals surface area (Å²) in [4.78, 5) is 15.3. The number of hydrogen-bond donors (Lipinski definition) is 1. The molecule has 2 aromatic rings. The number of aromatic nitrogens is 1. The molecule has 1 saturated carbocycles. The van der Waals surface area contributed by atoms with Gasteiger partial charge in [-0.1, -0.05) is 36.6 Å². The van der Waals surface area contributed by atoms with Gasteiger partial charge in [0.05, 0.1) is 11.6 Å². The van der Waals surface area contributed by atoms with E-state index in [2.05, 4.69) is 4.98 Å². The lowest BCUT2D eigenvalue weighted by molar-refractivity contribution is 0.0691. The Morgan fingerprint density at radius 1 is 1.38 bits per heavy atom. The third kappa shape index (κ3) is 2.95. The van der Waals surface area contributed by atoms with E-state index in [1.165, 1.54) is 31.7 Å². The second kappa shape index (κ2) is 5.90. The van der Waals surface area contributed by atoms with Crippen LogP contribution in [0.4, 0.5) is 0 Å². The molecule has 1 aromatic carbocycles. The molecule has 1 fully saturated rings. The Kier molecular flexibility index (Phi) is 3.97. The molecule has 1 aliphatic rings. The molecule has 1 heterocycles. The highest BCUT2D eigenvalue weighted by atomic mass is 35.5. The predicted molar refractivity (Wildman–Crippen MR) is 81.2 cm³/mol. The van der Waals surface area contributed by atoms with Gasteiger partial charge in [0, 0.05) is 5.39 Å².